The Morgan fingerprint density at radius 3 is 2.93 bits per heavy atom. The Morgan fingerprint density at radius 2 is 2.17 bits per heavy atom. The molecule has 2 N–H and O–H groups in total. The van der Waals surface area contributed by atoms with Crippen LogP contribution in [0.1, 0.15) is 45.4 Å². The third kappa shape index (κ3) is 9.07. The molecule has 6 nitrogen and oxygen atoms in total. The second-order valence-corrected chi connectivity index (χ2v) is 7.67. The van der Waals surface area contributed by atoms with Crippen LogP contribution in [0.4, 0.5) is 0 Å². The van der Waals surface area contributed by atoms with Crippen LogP contribution in [-0.2, 0) is 14.3 Å². The zero-order valence-electron chi connectivity index (χ0n) is 17.6. The highest BCUT2D eigenvalue weighted by Gasteiger charge is 2.22. The lowest BCUT2D eigenvalue weighted by Crippen LogP contribution is -2.37. The van der Waals surface area contributed by atoms with Crippen LogP contribution in [0.3, 0.4) is 0 Å². The van der Waals surface area contributed by atoms with Crippen molar-refractivity contribution in [3.05, 3.63) is 36.0 Å². The molecule has 0 bridgehead atoms. The lowest BCUT2D eigenvalue weighted by atomic mass is 9.96. The number of hydrogen-bond acceptors (Lipinski definition) is 5. The predicted octanol–water partition coefficient (Wildman–Crippen LogP) is 2.39. The minimum absolute atomic E-state index is 0.0556. The Hall–Kier alpha value is -1.76. The maximum Gasteiger partial charge on any atom is 0.219 e. The van der Waals surface area contributed by atoms with Gasteiger partial charge in [0.2, 0.25) is 5.91 Å². The van der Waals surface area contributed by atoms with E-state index >= 15 is 0 Å². The van der Waals surface area contributed by atoms with E-state index in [9.17, 15) is 14.7 Å². The van der Waals surface area contributed by atoms with Crippen LogP contribution < -0.4 is 5.32 Å². The van der Waals surface area contributed by atoms with Crippen molar-refractivity contribution in [2.45, 2.75) is 51.6 Å². The zero-order valence-corrected chi connectivity index (χ0v) is 17.6. The van der Waals surface area contributed by atoms with Crippen LogP contribution >= 0.6 is 0 Å². The molecule has 0 aromatic carbocycles. The molecule has 2 rings (SSSR count). The molecule has 162 valence electrons. The van der Waals surface area contributed by atoms with Gasteiger partial charge in [0.15, 0.2) is 5.78 Å². The number of unbranched alkanes of at least 4 members (excludes halogenated alkanes) is 1. The Labute approximate surface area is 174 Å². The Morgan fingerprint density at radius 1 is 1.38 bits per heavy atom. The molecule has 1 amide bonds. The lowest BCUT2D eigenvalue weighted by Gasteiger charge is -2.27. The van der Waals surface area contributed by atoms with E-state index in [1.807, 2.05) is 19.1 Å². The number of rotatable bonds is 12. The van der Waals surface area contributed by atoms with E-state index in [2.05, 4.69) is 22.4 Å². The second-order valence-electron chi connectivity index (χ2n) is 7.67. The maximum atomic E-state index is 12.1. The van der Waals surface area contributed by atoms with Crippen LogP contribution in [0.5, 0.6) is 0 Å². The number of aliphatic hydroxyl groups is 1. The first kappa shape index (κ1) is 23.5. The number of hydrogen-bond donors (Lipinski definition) is 2. The number of ketones is 1. The van der Waals surface area contributed by atoms with Gasteiger partial charge in [0, 0.05) is 44.1 Å². The van der Waals surface area contributed by atoms with Crippen molar-refractivity contribution in [2.75, 3.05) is 39.4 Å². The number of allylic oxidation sites excluding steroid dienone is 5. The molecule has 0 radical (unpaired) electrons. The number of nitrogens with zero attached hydrogens (tertiary/aromatic N) is 1. The van der Waals surface area contributed by atoms with Gasteiger partial charge in [-0.3, -0.25) is 14.5 Å². The van der Waals surface area contributed by atoms with Gasteiger partial charge in [-0.2, -0.15) is 0 Å². The van der Waals surface area contributed by atoms with E-state index in [-0.39, 0.29) is 17.6 Å². The molecule has 0 spiro atoms. The number of ether oxygens (including phenoxy) is 1. The average molecular weight is 405 g/mol. The van der Waals surface area contributed by atoms with Crippen molar-refractivity contribution in [3.63, 3.8) is 0 Å². The molecule has 0 saturated carbocycles. The monoisotopic (exact) mass is 404 g/mol. The molecule has 2 unspecified atom stereocenters. The van der Waals surface area contributed by atoms with Gasteiger partial charge in [-0.25, -0.2) is 0 Å². The summed E-state index contributed by atoms with van der Waals surface area (Å²) in [5, 5.41) is 13.1. The summed E-state index contributed by atoms with van der Waals surface area (Å²) in [5.74, 6) is 0.246. The first-order valence-corrected chi connectivity index (χ1v) is 10.9. The summed E-state index contributed by atoms with van der Waals surface area (Å²) in [4.78, 5) is 25.9. The van der Waals surface area contributed by atoms with Gasteiger partial charge in [0.1, 0.15) is 0 Å². The second kappa shape index (κ2) is 13.5. The van der Waals surface area contributed by atoms with Crippen LogP contribution in [0.25, 0.3) is 0 Å². The standard InChI is InChI=1S/C23H36N2O4/c1-2-24-23(28)8-6-4-3-5-7-19-9-12-22(27)21(19)11-10-20(26)13-14-25-15-17-29-18-16-25/h3,5,9,11-12,19-20,26H,2,4,6-8,10,13-18H2,1H3,(H,24,28). The van der Waals surface area contributed by atoms with Crippen LogP contribution in [0, 0.1) is 5.92 Å². The molecule has 1 aliphatic heterocycles. The van der Waals surface area contributed by atoms with Gasteiger partial charge >= 0.3 is 0 Å². The summed E-state index contributed by atoms with van der Waals surface area (Å²) in [5.41, 5.74) is 0.794. The molecule has 1 fully saturated rings. The van der Waals surface area contributed by atoms with E-state index in [0.29, 0.717) is 25.8 Å². The van der Waals surface area contributed by atoms with Crippen LogP contribution in [0.15, 0.2) is 36.0 Å². The van der Waals surface area contributed by atoms with Crippen molar-refractivity contribution in [3.8, 4) is 0 Å². The van der Waals surface area contributed by atoms with Gasteiger partial charge in [-0.15, -0.1) is 0 Å². The highest BCUT2D eigenvalue weighted by Crippen LogP contribution is 2.26. The SMILES string of the molecule is CCNC(=O)CCCC=CCC1C=CC(=O)C1=CCC(O)CCN1CCOCC1. The Kier molecular flexibility index (Phi) is 10.9. The molecule has 0 aromatic rings. The first-order chi connectivity index (χ1) is 14.1. The molecule has 6 heteroatoms. The summed E-state index contributed by atoms with van der Waals surface area (Å²) >= 11 is 0. The van der Waals surface area contributed by atoms with Crippen LogP contribution in [0.2, 0.25) is 0 Å². The smallest absolute Gasteiger partial charge is 0.219 e. The molecule has 29 heavy (non-hydrogen) atoms. The molecule has 1 aliphatic carbocycles. The number of aliphatic hydroxyl groups excluding tert-OH is 1. The minimum atomic E-state index is -0.427. The lowest BCUT2D eigenvalue weighted by molar-refractivity contribution is -0.121. The maximum absolute atomic E-state index is 12.1. The van der Waals surface area contributed by atoms with E-state index < -0.39 is 6.10 Å². The summed E-state index contributed by atoms with van der Waals surface area (Å²) in [6.07, 6.45) is 13.5. The number of carbonyl (C=O) groups is 2. The quantitative estimate of drug-likeness (QED) is 0.297. The third-order valence-electron chi connectivity index (χ3n) is 5.36. The van der Waals surface area contributed by atoms with Gasteiger partial charge in [-0.05, 0) is 45.1 Å². The van der Waals surface area contributed by atoms with Crippen molar-refractivity contribution in [1.82, 2.24) is 10.2 Å². The summed E-state index contributed by atoms with van der Waals surface area (Å²) in [7, 11) is 0. The molecule has 2 atom stereocenters. The average Bonchev–Trinajstić information content (AvgIpc) is 3.08. The fraction of sp³-hybridized carbons (Fsp3) is 0.652. The molecule has 1 saturated heterocycles. The largest absolute Gasteiger partial charge is 0.393 e. The normalized spacial score (nSPS) is 22.6. The first-order valence-electron chi connectivity index (χ1n) is 10.9. The number of carbonyl (C=O) groups excluding carboxylic acids is 2. The summed E-state index contributed by atoms with van der Waals surface area (Å²) in [6, 6.07) is 0. The van der Waals surface area contributed by atoms with Crippen molar-refractivity contribution >= 4 is 11.7 Å². The van der Waals surface area contributed by atoms with E-state index in [1.54, 1.807) is 6.08 Å². The van der Waals surface area contributed by atoms with Crippen LogP contribution in [-0.4, -0.2) is 67.2 Å². The van der Waals surface area contributed by atoms with Gasteiger partial charge in [-0.1, -0.05) is 24.3 Å². The van der Waals surface area contributed by atoms with Crippen molar-refractivity contribution in [1.29, 1.82) is 0 Å². The topological polar surface area (TPSA) is 78.9 Å². The third-order valence-corrected chi connectivity index (χ3v) is 5.36. The fourth-order valence-corrected chi connectivity index (χ4v) is 3.61. The fourth-order valence-electron chi connectivity index (χ4n) is 3.61. The molecule has 2 aliphatic rings. The Balaban J connectivity index is 1.68. The molecule has 0 aromatic heterocycles. The van der Waals surface area contributed by atoms with E-state index in [1.165, 1.54) is 0 Å². The molecular formula is C23H36N2O4. The van der Waals surface area contributed by atoms with Gasteiger partial charge in [0.05, 0.1) is 19.3 Å². The summed E-state index contributed by atoms with van der Waals surface area (Å²) in [6.45, 7) is 6.84. The number of morpholine rings is 1. The van der Waals surface area contributed by atoms with Crippen molar-refractivity contribution in [2.24, 2.45) is 5.92 Å². The highest BCUT2D eigenvalue weighted by molar-refractivity contribution is 6.07. The number of amides is 1. The molecular weight excluding hydrogens is 368 g/mol. The highest BCUT2D eigenvalue weighted by atomic mass is 16.5. The van der Waals surface area contributed by atoms with Gasteiger partial charge < -0.3 is 15.2 Å². The Bertz CT molecular complexity index is 606. The van der Waals surface area contributed by atoms with Gasteiger partial charge in [0.25, 0.3) is 0 Å². The minimum Gasteiger partial charge on any atom is -0.393 e. The van der Waals surface area contributed by atoms with E-state index in [4.69, 9.17) is 4.74 Å². The molecule has 1 heterocycles. The number of nitrogens with one attached hydrogen (secondary N) is 1. The zero-order chi connectivity index (χ0) is 20.9. The van der Waals surface area contributed by atoms with Crippen molar-refractivity contribution < 1.29 is 19.4 Å². The predicted molar refractivity (Wildman–Crippen MR) is 115 cm³/mol. The summed E-state index contributed by atoms with van der Waals surface area (Å²) < 4.78 is 5.34. The van der Waals surface area contributed by atoms with E-state index in [0.717, 1.165) is 57.7 Å².